The molecule has 0 spiro atoms. The summed E-state index contributed by atoms with van der Waals surface area (Å²) in [7, 11) is 0. The summed E-state index contributed by atoms with van der Waals surface area (Å²) in [4.78, 5) is 13.6. The van der Waals surface area contributed by atoms with E-state index in [1.165, 1.54) is 6.42 Å². The van der Waals surface area contributed by atoms with Crippen molar-refractivity contribution in [3.8, 4) is 0 Å². The van der Waals surface area contributed by atoms with Gasteiger partial charge < -0.3 is 5.11 Å². The van der Waals surface area contributed by atoms with Gasteiger partial charge in [0.05, 0.1) is 0 Å². The van der Waals surface area contributed by atoms with Crippen LogP contribution in [0.5, 0.6) is 0 Å². The van der Waals surface area contributed by atoms with E-state index in [-0.39, 0.29) is 0 Å². The molecule has 0 saturated carbocycles. The predicted octanol–water partition coefficient (Wildman–Crippen LogP) is 2.54. The van der Waals surface area contributed by atoms with Gasteiger partial charge in [0, 0.05) is 6.54 Å². The molecule has 0 bridgehead atoms. The molecule has 1 aromatic carbocycles. The van der Waals surface area contributed by atoms with E-state index < -0.39 is 12.0 Å². The molecule has 0 aliphatic carbocycles. The van der Waals surface area contributed by atoms with Crippen molar-refractivity contribution in [1.82, 2.24) is 4.90 Å². The maximum atomic E-state index is 11.5. The summed E-state index contributed by atoms with van der Waals surface area (Å²) < 4.78 is 0. The zero-order valence-electron chi connectivity index (χ0n) is 10.2. The second kappa shape index (κ2) is 5.32. The van der Waals surface area contributed by atoms with Crippen molar-refractivity contribution < 1.29 is 9.90 Å². The monoisotopic (exact) mass is 233 g/mol. The molecule has 1 saturated heterocycles. The van der Waals surface area contributed by atoms with Crippen molar-refractivity contribution >= 4 is 5.97 Å². The van der Waals surface area contributed by atoms with Crippen LogP contribution in [0.3, 0.4) is 0 Å². The number of hydrogen-bond acceptors (Lipinski definition) is 2. The Morgan fingerprint density at radius 1 is 1.41 bits per heavy atom. The fourth-order valence-corrected chi connectivity index (χ4v) is 2.61. The first-order valence-electron chi connectivity index (χ1n) is 6.20. The fourth-order valence-electron chi connectivity index (χ4n) is 2.61. The molecule has 2 unspecified atom stereocenters. The topological polar surface area (TPSA) is 40.5 Å². The zero-order valence-corrected chi connectivity index (χ0v) is 10.2. The first-order valence-corrected chi connectivity index (χ1v) is 6.20. The minimum Gasteiger partial charge on any atom is -0.480 e. The van der Waals surface area contributed by atoms with Crippen LogP contribution in [0.15, 0.2) is 30.3 Å². The fraction of sp³-hybridized carbons (Fsp3) is 0.500. The number of likely N-dealkylation sites (tertiary alicyclic amines) is 1. The van der Waals surface area contributed by atoms with Gasteiger partial charge >= 0.3 is 5.97 Å². The Balaban J connectivity index is 2.20. The lowest BCUT2D eigenvalue weighted by molar-refractivity contribution is -0.144. The average molecular weight is 233 g/mol. The number of aliphatic carboxylic acids is 1. The highest BCUT2D eigenvalue weighted by Gasteiger charge is 2.30. The Morgan fingerprint density at radius 3 is 2.71 bits per heavy atom. The molecule has 3 nitrogen and oxygen atoms in total. The van der Waals surface area contributed by atoms with E-state index in [1.54, 1.807) is 0 Å². The van der Waals surface area contributed by atoms with Crippen LogP contribution >= 0.6 is 0 Å². The average Bonchev–Trinajstić information content (AvgIpc) is 2.30. The molecule has 2 rings (SSSR count). The van der Waals surface area contributed by atoms with Crippen LogP contribution in [0.4, 0.5) is 0 Å². The van der Waals surface area contributed by atoms with Gasteiger partial charge in [-0.05, 0) is 30.9 Å². The third kappa shape index (κ3) is 2.86. The van der Waals surface area contributed by atoms with Crippen molar-refractivity contribution in [3.63, 3.8) is 0 Å². The maximum Gasteiger partial charge on any atom is 0.325 e. The number of rotatable bonds is 3. The van der Waals surface area contributed by atoms with Crippen molar-refractivity contribution in [2.24, 2.45) is 5.92 Å². The smallest absolute Gasteiger partial charge is 0.325 e. The summed E-state index contributed by atoms with van der Waals surface area (Å²) in [6.45, 7) is 3.96. The van der Waals surface area contributed by atoms with Crippen molar-refractivity contribution in [3.05, 3.63) is 35.9 Å². The number of benzene rings is 1. The number of carbonyl (C=O) groups is 1. The van der Waals surface area contributed by atoms with E-state index in [4.69, 9.17) is 0 Å². The summed E-state index contributed by atoms with van der Waals surface area (Å²) in [5.74, 6) is -0.153. The molecule has 92 valence electrons. The molecule has 1 aliphatic rings. The Kier molecular flexibility index (Phi) is 3.79. The van der Waals surface area contributed by atoms with Crippen LogP contribution in [0, 0.1) is 5.92 Å². The first kappa shape index (κ1) is 12.1. The minimum absolute atomic E-state index is 0.487. The van der Waals surface area contributed by atoms with E-state index in [0.717, 1.165) is 25.1 Å². The van der Waals surface area contributed by atoms with Gasteiger partial charge in [-0.25, -0.2) is 0 Å². The Hall–Kier alpha value is -1.35. The molecule has 1 N–H and O–H groups in total. The van der Waals surface area contributed by atoms with Gasteiger partial charge in [-0.15, -0.1) is 0 Å². The van der Waals surface area contributed by atoms with Gasteiger partial charge in [0.1, 0.15) is 6.04 Å². The maximum absolute atomic E-state index is 11.5. The molecule has 1 heterocycles. The molecular weight excluding hydrogens is 214 g/mol. The van der Waals surface area contributed by atoms with Gasteiger partial charge in [-0.2, -0.15) is 0 Å². The molecule has 1 fully saturated rings. The van der Waals surface area contributed by atoms with Gasteiger partial charge in [0.15, 0.2) is 0 Å². The first-order chi connectivity index (χ1) is 8.18. The standard InChI is InChI=1S/C14H19NO2/c1-11-6-5-9-15(10-11)13(14(16)17)12-7-3-2-4-8-12/h2-4,7-8,11,13H,5-6,9-10H2,1H3,(H,16,17). The largest absolute Gasteiger partial charge is 0.480 e. The number of carboxylic acid groups (broad SMARTS) is 1. The summed E-state index contributed by atoms with van der Waals surface area (Å²) >= 11 is 0. The number of piperidine rings is 1. The molecule has 0 aromatic heterocycles. The van der Waals surface area contributed by atoms with Crippen LogP contribution in [0.25, 0.3) is 0 Å². The summed E-state index contributed by atoms with van der Waals surface area (Å²) in [5.41, 5.74) is 0.883. The van der Waals surface area contributed by atoms with Crippen molar-refractivity contribution in [2.75, 3.05) is 13.1 Å². The highest BCUT2D eigenvalue weighted by molar-refractivity contribution is 5.75. The zero-order chi connectivity index (χ0) is 12.3. The second-order valence-corrected chi connectivity index (χ2v) is 4.89. The third-order valence-electron chi connectivity index (χ3n) is 3.40. The van der Waals surface area contributed by atoms with Crippen LogP contribution in [0.2, 0.25) is 0 Å². The third-order valence-corrected chi connectivity index (χ3v) is 3.40. The Morgan fingerprint density at radius 2 is 2.12 bits per heavy atom. The van der Waals surface area contributed by atoms with Gasteiger partial charge in [0.2, 0.25) is 0 Å². The minimum atomic E-state index is -0.745. The van der Waals surface area contributed by atoms with E-state index in [2.05, 4.69) is 11.8 Å². The molecule has 1 aliphatic heterocycles. The lowest BCUT2D eigenvalue weighted by atomic mass is 9.96. The van der Waals surface area contributed by atoms with Crippen LogP contribution < -0.4 is 0 Å². The van der Waals surface area contributed by atoms with Crippen molar-refractivity contribution in [2.45, 2.75) is 25.8 Å². The van der Waals surface area contributed by atoms with Gasteiger partial charge in [-0.1, -0.05) is 37.3 Å². The molecule has 1 aromatic rings. The molecule has 17 heavy (non-hydrogen) atoms. The van der Waals surface area contributed by atoms with E-state index in [9.17, 15) is 9.90 Å². The van der Waals surface area contributed by atoms with Gasteiger partial charge in [-0.3, -0.25) is 9.69 Å². The normalized spacial score (nSPS) is 23.2. The summed E-state index contributed by atoms with van der Waals surface area (Å²) in [6, 6.07) is 9.04. The Bertz CT molecular complexity index is 377. The highest BCUT2D eigenvalue weighted by Crippen LogP contribution is 2.26. The predicted molar refractivity (Wildman–Crippen MR) is 66.8 cm³/mol. The molecule has 3 heteroatoms. The molecule has 0 radical (unpaired) electrons. The number of nitrogens with zero attached hydrogens (tertiary/aromatic N) is 1. The lowest BCUT2D eigenvalue weighted by Gasteiger charge is -2.35. The highest BCUT2D eigenvalue weighted by atomic mass is 16.4. The van der Waals surface area contributed by atoms with E-state index in [1.807, 2.05) is 30.3 Å². The lowest BCUT2D eigenvalue weighted by Crippen LogP contribution is -2.40. The summed E-state index contributed by atoms with van der Waals surface area (Å²) in [5, 5.41) is 9.42. The second-order valence-electron chi connectivity index (χ2n) is 4.89. The number of carboxylic acids is 1. The van der Waals surface area contributed by atoms with Gasteiger partial charge in [0.25, 0.3) is 0 Å². The molecule has 0 amide bonds. The quantitative estimate of drug-likeness (QED) is 0.872. The van der Waals surface area contributed by atoms with Crippen molar-refractivity contribution in [1.29, 1.82) is 0 Å². The van der Waals surface area contributed by atoms with E-state index >= 15 is 0 Å². The molecular formula is C14H19NO2. The molecule has 2 atom stereocenters. The van der Waals surface area contributed by atoms with Crippen LogP contribution in [-0.4, -0.2) is 29.1 Å². The van der Waals surface area contributed by atoms with Crippen LogP contribution in [0.1, 0.15) is 31.4 Å². The Labute approximate surface area is 102 Å². The summed E-state index contributed by atoms with van der Waals surface area (Å²) in [6.07, 6.45) is 2.30. The van der Waals surface area contributed by atoms with Crippen LogP contribution in [-0.2, 0) is 4.79 Å². The number of hydrogen-bond donors (Lipinski definition) is 1. The van der Waals surface area contributed by atoms with E-state index in [0.29, 0.717) is 5.92 Å². The SMILES string of the molecule is CC1CCCN(C(C(=O)O)c2ccccc2)C1.